The number of anilines is 1. The van der Waals surface area contributed by atoms with E-state index in [1.54, 1.807) is 17.0 Å². The smallest absolute Gasteiger partial charge is 0.219 e. The molecule has 2 rings (SSSR count). The number of benzene rings is 1. The summed E-state index contributed by atoms with van der Waals surface area (Å²) < 4.78 is 14.0. The lowest BCUT2D eigenvalue weighted by atomic mass is 10.1. The van der Waals surface area contributed by atoms with Crippen molar-refractivity contribution in [1.29, 1.82) is 5.26 Å². The first-order chi connectivity index (χ1) is 8.63. The van der Waals surface area contributed by atoms with Gasteiger partial charge in [0.1, 0.15) is 6.07 Å². The van der Waals surface area contributed by atoms with Crippen molar-refractivity contribution < 1.29 is 9.18 Å². The maximum Gasteiger partial charge on any atom is 0.219 e. The molecule has 18 heavy (non-hydrogen) atoms. The van der Waals surface area contributed by atoms with E-state index in [9.17, 15) is 9.18 Å². The predicted molar refractivity (Wildman–Crippen MR) is 65.6 cm³/mol. The third-order valence-corrected chi connectivity index (χ3v) is 3.16. The van der Waals surface area contributed by atoms with Crippen LogP contribution in [0.25, 0.3) is 0 Å². The standard InChI is InChI=1S/C13H14FN3O/c1-10(18)16-5-7-17(8-6-16)12-4-2-3-11(9-15)13(12)14/h2-4H,5-8H2,1H3. The number of hydrogen-bond donors (Lipinski definition) is 0. The Hall–Kier alpha value is -2.09. The molecule has 1 aliphatic heterocycles. The van der Waals surface area contributed by atoms with Crippen molar-refractivity contribution >= 4 is 11.6 Å². The summed E-state index contributed by atoms with van der Waals surface area (Å²) in [6.07, 6.45) is 0. The average molecular weight is 247 g/mol. The van der Waals surface area contributed by atoms with Crippen molar-refractivity contribution in [2.75, 3.05) is 31.1 Å². The molecule has 5 heteroatoms. The molecule has 1 aromatic carbocycles. The van der Waals surface area contributed by atoms with Gasteiger partial charge >= 0.3 is 0 Å². The molecule has 0 radical (unpaired) electrons. The minimum absolute atomic E-state index is 0.0425. The second-order valence-corrected chi connectivity index (χ2v) is 4.24. The number of carbonyl (C=O) groups is 1. The largest absolute Gasteiger partial charge is 0.366 e. The Bertz CT molecular complexity index is 501. The van der Waals surface area contributed by atoms with Crippen LogP contribution in [-0.4, -0.2) is 37.0 Å². The van der Waals surface area contributed by atoms with Gasteiger partial charge in [-0.15, -0.1) is 0 Å². The third-order valence-electron chi connectivity index (χ3n) is 3.16. The fraction of sp³-hybridized carbons (Fsp3) is 0.385. The number of piperazine rings is 1. The van der Waals surface area contributed by atoms with Crippen molar-refractivity contribution in [2.24, 2.45) is 0 Å². The number of nitrogens with zero attached hydrogens (tertiary/aromatic N) is 3. The molecule has 0 aromatic heterocycles. The van der Waals surface area contributed by atoms with E-state index in [0.29, 0.717) is 31.9 Å². The monoisotopic (exact) mass is 247 g/mol. The molecule has 4 nitrogen and oxygen atoms in total. The number of amides is 1. The molecule has 1 saturated heterocycles. The van der Waals surface area contributed by atoms with Gasteiger partial charge in [0.2, 0.25) is 5.91 Å². The highest BCUT2D eigenvalue weighted by Gasteiger charge is 2.21. The molecule has 0 atom stereocenters. The van der Waals surface area contributed by atoms with Gasteiger partial charge in [0, 0.05) is 33.1 Å². The Morgan fingerprint density at radius 3 is 2.56 bits per heavy atom. The summed E-state index contributed by atoms with van der Waals surface area (Å²) >= 11 is 0. The fourth-order valence-corrected chi connectivity index (χ4v) is 2.11. The molecule has 1 amide bonds. The summed E-state index contributed by atoms with van der Waals surface area (Å²) in [6, 6.07) is 6.64. The van der Waals surface area contributed by atoms with Gasteiger partial charge < -0.3 is 9.80 Å². The van der Waals surface area contributed by atoms with Gasteiger partial charge in [-0.1, -0.05) is 6.07 Å². The molecule has 1 aliphatic rings. The lowest BCUT2D eigenvalue weighted by Crippen LogP contribution is -2.48. The maximum atomic E-state index is 14.0. The number of halogens is 1. The zero-order valence-corrected chi connectivity index (χ0v) is 10.2. The van der Waals surface area contributed by atoms with Gasteiger partial charge in [-0.2, -0.15) is 5.26 Å². The number of rotatable bonds is 1. The second-order valence-electron chi connectivity index (χ2n) is 4.24. The van der Waals surface area contributed by atoms with Crippen molar-refractivity contribution in [3.05, 3.63) is 29.6 Å². The molecule has 0 spiro atoms. The quantitative estimate of drug-likeness (QED) is 0.753. The van der Waals surface area contributed by atoms with Crippen LogP contribution in [0.3, 0.4) is 0 Å². The zero-order valence-electron chi connectivity index (χ0n) is 10.2. The average Bonchev–Trinajstić information content (AvgIpc) is 2.39. The number of carbonyl (C=O) groups excluding carboxylic acids is 1. The van der Waals surface area contributed by atoms with Crippen LogP contribution in [0.15, 0.2) is 18.2 Å². The van der Waals surface area contributed by atoms with Crippen LogP contribution in [0, 0.1) is 17.1 Å². The van der Waals surface area contributed by atoms with Gasteiger partial charge in [-0.25, -0.2) is 4.39 Å². The Balaban J connectivity index is 2.15. The van der Waals surface area contributed by atoms with E-state index < -0.39 is 5.82 Å². The van der Waals surface area contributed by atoms with Crippen LogP contribution in [-0.2, 0) is 4.79 Å². The van der Waals surface area contributed by atoms with Crippen molar-refractivity contribution in [3.8, 4) is 6.07 Å². The highest BCUT2D eigenvalue weighted by atomic mass is 19.1. The van der Waals surface area contributed by atoms with E-state index in [0.717, 1.165) is 0 Å². The fourth-order valence-electron chi connectivity index (χ4n) is 2.11. The minimum atomic E-state index is -0.476. The summed E-state index contributed by atoms with van der Waals surface area (Å²) in [4.78, 5) is 14.8. The van der Waals surface area contributed by atoms with E-state index in [1.165, 1.54) is 13.0 Å². The van der Waals surface area contributed by atoms with Crippen LogP contribution >= 0.6 is 0 Å². The van der Waals surface area contributed by atoms with Gasteiger partial charge in [-0.05, 0) is 12.1 Å². The highest BCUT2D eigenvalue weighted by Crippen LogP contribution is 2.23. The Kier molecular flexibility index (Phi) is 3.47. The second kappa shape index (κ2) is 5.05. The normalized spacial score (nSPS) is 15.4. The molecule has 0 unspecified atom stereocenters. The van der Waals surface area contributed by atoms with Crippen molar-refractivity contribution in [1.82, 2.24) is 4.90 Å². The lowest BCUT2D eigenvalue weighted by Gasteiger charge is -2.35. The molecule has 94 valence electrons. The molecule has 0 bridgehead atoms. The van der Waals surface area contributed by atoms with E-state index >= 15 is 0 Å². The predicted octanol–water partition coefficient (Wildman–Crippen LogP) is 1.37. The number of nitriles is 1. The molecular formula is C13H14FN3O. The topological polar surface area (TPSA) is 47.3 Å². The van der Waals surface area contributed by atoms with Crippen LogP contribution in [0.4, 0.5) is 10.1 Å². The van der Waals surface area contributed by atoms with E-state index in [-0.39, 0.29) is 11.5 Å². The van der Waals surface area contributed by atoms with Crippen molar-refractivity contribution in [3.63, 3.8) is 0 Å². The molecule has 0 aliphatic carbocycles. The Morgan fingerprint density at radius 1 is 1.33 bits per heavy atom. The first-order valence-electron chi connectivity index (χ1n) is 5.82. The lowest BCUT2D eigenvalue weighted by molar-refractivity contribution is -0.129. The first kappa shape index (κ1) is 12.4. The Morgan fingerprint density at radius 2 is 2.00 bits per heavy atom. The van der Waals surface area contributed by atoms with E-state index in [2.05, 4.69) is 0 Å². The molecule has 1 heterocycles. The number of hydrogen-bond acceptors (Lipinski definition) is 3. The minimum Gasteiger partial charge on any atom is -0.366 e. The molecule has 1 aromatic rings. The van der Waals surface area contributed by atoms with Gasteiger partial charge in [0.25, 0.3) is 0 Å². The summed E-state index contributed by atoms with van der Waals surface area (Å²) in [5, 5.41) is 8.79. The van der Waals surface area contributed by atoms with Crippen molar-refractivity contribution in [2.45, 2.75) is 6.92 Å². The van der Waals surface area contributed by atoms with E-state index in [1.807, 2.05) is 11.0 Å². The summed E-state index contributed by atoms with van der Waals surface area (Å²) in [7, 11) is 0. The summed E-state index contributed by atoms with van der Waals surface area (Å²) in [5.41, 5.74) is 0.499. The summed E-state index contributed by atoms with van der Waals surface area (Å²) in [6.45, 7) is 3.89. The van der Waals surface area contributed by atoms with Crippen LogP contribution in [0.1, 0.15) is 12.5 Å². The van der Waals surface area contributed by atoms with Crippen LogP contribution < -0.4 is 4.90 Å². The van der Waals surface area contributed by atoms with E-state index in [4.69, 9.17) is 5.26 Å². The SMILES string of the molecule is CC(=O)N1CCN(c2cccc(C#N)c2F)CC1. The molecule has 0 saturated carbocycles. The molecule has 1 fully saturated rings. The third kappa shape index (κ3) is 2.28. The summed E-state index contributed by atoms with van der Waals surface area (Å²) in [5.74, 6) is -0.433. The van der Waals surface area contributed by atoms with Gasteiger partial charge in [0.15, 0.2) is 5.82 Å². The first-order valence-corrected chi connectivity index (χ1v) is 5.82. The molecule has 0 N–H and O–H groups in total. The Labute approximate surface area is 105 Å². The zero-order chi connectivity index (χ0) is 13.1. The maximum absolute atomic E-state index is 14.0. The molecular weight excluding hydrogens is 233 g/mol. The van der Waals surface area contributed by atoms with Gasteiger partial charge in [0.05, 0.1) is 11.3 Å². The van der Waals surface area contributed by atoms with Crippen LogP contribution in [0.5, 0.6) is 0 Å². The van der Waals surface area contributed by atoms with Crippen LogP contribution in [0.2, 0.25) is 0 Å². The van der Waals surface area contributed by atoms with Gasteiger partial charge in [-0.3, -0.25) is 4.79 Å². The highest BCUT2D eigenvalue weighted by molar-refractivity contribution is 5.73.